The van der Waals surface area contributed by atoms with Gasteiger partial charge in [-0.05, 0) is 44.9 Å². The minimum Gasteiger partial charge on any atom is -0.493 e. The van der Waals surface area contributed by atoms with Crippen LogP contribution >= 0.6 is 0 Å². The molecule has 2 saturated heterocycles. The van der Waals surface area contributed by atoms with Crippen LogP contribution in [0.5, 0.6) is 11.5 Å². The van der Waals surface area contributed by atoms with E-state index in [2.05, 4.69) is 16.7 Å². The van der Waals surface area contributed by atoms with Crippen molar-refractivity contribution in [2.24, 2.45) is 0 Å². The number of hydrogen-bond donors (Lipinski definition) is 0. The Morgan fingerprint density at radius 1 is 1.13 bits per heavy atom. The Bertz CT molecular complexity index is 488. The molecule has 2 fully saturated rings. The van der Waals surface area contributed by atoms with E-state index in [0.29, 0.717) is 0 Å². The molecule has 1 unspecified atom stereocenters. The van der Waals surface area contributed by atoms with Crippen molar-refractivity contribution in [1.29, 1.82) is 0 Å². The van der Waals surface area contributed by atoms with Gasteiger partial charge in [-0.2, -0.15) is 0 Å². The van der Waals surface area contributed by atoms with Crippen LogP contribution < -0.4 is 9.47 Å². The molecular formula is C19H30N2O2. The molecule has 0 bridgehead atoms. The van der Waals surface area contributed by atoms with E-state index in [0.717, 1.165) is 43.2 Å². The SMILES string of the molecule is COc1ccccc1OCCCN1CC(N2CCCCC2C)C1. The fraction of sp³-hybridized carbons (Fsp3) is 0.684. The molecule has 1 aromatic carbocycles. The van der Waals surface area contributed by atoms with Crippen LogP contribution in [0.1, 0.15) is 32.6 Å². The van der Waals surface area contributed by atoms with Crippen molar-refractivity contribution < 1.29 is 9.47 Å². The van der Waals surface area contributed by atoms with Crippen LogP contribution in [0.2, 0.25) is 0 Å². The second kappa shape index (κ2) is 8.02. The number of para-hydroxylation sites is 2. The first kappa shape index (κ1) is 16.6. The number of likely N-dealkylation sites (tertiary alicyclic amines) is 2. The van der Waals surface area contributed by atoms with E-state index in [-0.39, 0.29) is 0 Å². The summed E-state index contributed by atoms with van der Waals surface area (Å²) in [5, 5.41) is 0. The summed E-state index contributed by atoms with van der Waals surface area (Å²) in [5.41, 5.74) is 0. The Morgan fingerprint density at radius 2 is 1.91 bits per heavy atom. The van der Waals surface area contributed by atoms with E-state index < -0.39 is 0 Å². The van der Waals surface area contributed by atoms with E-state index in [1.54, 1.807) is 7.11 Å². The average molecular weight is 318 g/mol. The van der Waals surface area contributed by atoms with Crippen LogP contribution in [0.15, 0.2) is 24.3 Å². The van der Waals surface area contributed by atoms with Crippen molar-refractivity contribution in [1.82, 2.24) is 9.80 Å². The first-order chi connectivity index (χ1) is 11.3. The number of benzene rings is 1. The zero-order chi connectivity index (χ0) is 16.1. The summed E-state index contributed by atoms with van der Waals surface area (Å²) in [4.78, 5) is 5.28. The van der Waals surface area contributed by atoms with Crippen LogP contribution in [0.4, 0.5) is 0 Å². The van der Waals surface area contributed by atoms with Crippen LogP contribution in [0.3, 0.4) is 0 Å². The average Bonchev–Trinajstić information content (AvgIpc) is 2.54. The first-order valence-corrected chi connectivity index (χ1v) is 9.02. The lowest BCUT2D eigenvalue weighted by atomic mass is 9.97. The number of rotatable bonds is 7. The smallest absolute Gasteiger partial charge is 0.161 e. The van der Waals surface area contributed by atoms with Crippen LogP contribution in [-0.4, -0.2) is 61.8 Å². The third-order valence-electron chi connectivity index (χ3n) is 5.21. The Labute approximate surface area is 140 Å². The summed E-state index contributed by atoms with van der Waals surface area (Å²) in [5.74, 6) is 1.66. The lowest BCUT2D eigenvalue weighted by molar-refractivity contribution is -0.00384. The molecule has 4 heteroatoms. The van der Waals surface area contributed by atoms with Gasteiger partial charge in [0.2, 0.25) is 0 Å². The van der Waals surface area contributed by atoms with Crippen LogP contribution in [0, 0.1) is 0 Å². The molecule has 2 heterocycles. The van der Waals surface area contributed by atoms with Crippen molar-refractivity contribution in [3.8, 4) is 11.5 Å². The second-order valence-corrected chi connectivity index (χ2v) is 6.85. The van der Waals surface area contributed by atoms with Gasteiger partial charge in [0.15, 0.2) is 11.5 Å². The highest BCUT2D eigenvalue weighted by atomic mass is 16.5. The molecule has 0 N–H and O–H groups in total. The fourth-order valence-corrected chi connectivity index (χ4v) is 3.81. The first-order valence-electron chi connectivity index (χ1n) is 9.02. The summed E-state index contributed by atoms with van der Waals surface area (Å²) in [7, 11) is 1.68. The third-order valence-corrected chi connectivity index (χ3v) is 5.21. The summed E-state index contributed by atoms with van der Waals surface area (Å²) in [6, 6.07) is 9.43. The Morgan fingerprint density at radius 3 is 2.65 bits per heavy atom. The van der Waals surface area contributed by atoms with Crippen molar-refractivity contribution in [2.45, 2.75) is 44.7 Å². The molecule has 23 heavy (non-hydrogen) atoms. The minimum absolute atomic E-state index is 0.752. The predicted molar refractivity (Wildman–Crippen MR) is 93.4 cm³/mol. The maximum Gasteiger partial charge on any atom is 0.161 e. The molecule has 0 saturated carbocycles. The molecule has 0 radical (unpaired) electrons. The number of ether oxygens (including phenoxy) is 2. The molecule has 0 aliphatic carbocycles. The standard InChI is InChI=1S/C19H30N2O2/c1-16-8-5-6-12-21(16)17-14-20(15-17)11-7-13-23-19-10-4-3-9-18(19)22-2/h3-4,9-10,16-17H,5-8,11-15H2,1-2H3. The molecule has 1 atom stereocenters. The third kappa shape index (κ3) is 4.18. The Balaban J connectivity index is 1.32. The maximum absolute atomic E-state index is 5.85. The van der Waals surface area contributed by atoms with Gasteiger partial charge >= 0.3 is 0 Å². The molecule has 4 nitrogen and oxygen atoms in total. The van der Waals surface area contributed by atoms with E-state index in [4.69, 9.17) is 9.47 Å². The molecule has 0 amide bonds. The Kier molecular flexibility index (Phi) is 5.79. The maximum atomic E-state index is 5.85. The second-order valence-electron chi connectivity index (χ2n) is 6.85. The Hall–Kier alpha value is -1.26. The summed E-state index contributed by atoms with van der Waals surface area (Å²) >= 11 is 0. The molecule has 2 aliphatic heterocycles. The van der Waals surface area contributed by atoms with Gasteiger partial charge in [-0.3, -0.25) is 9.80 Å². The van der Waals surface area contributed by atoms with Gasteiger partial charge in [-0.15, -0.1) is 0 Å². The topological polar surface area (TPSA) is 24.9 Å². The van der Waals surface area contributed by atoms with Crippen LogP contribution in [0.25, 0.3) is 0 Å². The van der Waals surface area contributed by atoms with Gasteiger partial charge in [-0.1, -0.05) is 18.6 Å². The molecule has 128 valence electrons. The van der Waals surface area contributed by atoms with Gasteiger partial charge in [0, 0.05) is 31.7 Å². The molecule has 3 rings (SSSR count). The number of methoxy groups -OCH3 is 1. The lowest BCUT2D eigenvalue weighted by Crippen LogP contribution is -2.62. The fourth-order valence-electron chi connectivity index (χ4n) is 3.81. The number of hydrogen-bond acceptors (Lipinski definition) is 4. The predicted octanol–water partition coefficient (Wildman–Crippen LogP) is 3.02. The van der Waals surface area contributed by atoms with Crippen molar-refractivity contribution >= 4 is 0 Å². The van der Waals surface area contributed by atoms with Gasteiger partial charge in [0.25, 0.3) is 0 Å². The number of nitrogens with zero attached hydrogens (tertiary/aromatic N) is 2. The molecule has 0 spiro atoms. The zero-order valence-electron chi connectivity index (χ0n) is 14.5. The molecule has 2 aliphatic rings. The highest BCUT2D eigenvalue weighted by Crippen LogP contribution is 2.26. The normalized spacial score (nSPS) is 23.5. The highest BCUT2D eigenvalue weighted by Gasteiger charge is 2.34. The summed E-state index contributed by atoms with van der Waals surface area (Å²) in [6.45, 7) is 8.05. The van der Waals surface area contributed by atoms with Crippen molar-refractivity contribution in [2.75, 3.05) is 39.9 Å². The molecule has 1 aromatic rings. The van der Waals surface area contributed by atoms with Gasteiger partial charge in [0.1, 0.15) is 0 Å². The van der Waals surface area contributed by atoms with Crippen molar-refractivity contribution in [3.05, 3.63) is 24.3 Å². The lowest BCUT2D eigenvalue weighted by Gasteiger charge is -2.49. The van der Waals surface area contributed by atoms with E-state index in [1.165, 1.54) is 38.9 Å². The van der Waals surface area contributed by atoms with E-state index in [1.807, 2.05) is 24.3 Å². The highest BCUT2D eigenvalue weighted by molar-refractivity contribution is 5.39. The van der Waals surface area contributed by atoms with Crippen LogP contribution in [-0.2, 0) is 0 Å². The minimum atomic E-state index is 0.752. The summed E-state index contributed by atoms with van der Waals surface area (Å²) in [6.07, 6.45) is 5.24. The zero-order valence-corrected chi connectivity index (χ0v) is 14.5. The van der Waals surface area contributed by atoms with Gasteiger partial charge in [0.05, 0.1) is 13.7 Å². The summed E-state index contributed by atoms with van der Waals surface area (Å²) < 4.78 is 11.2. The molecular weight excluding hydrogens is 288 g/mol. The quantitative estimate of drug-likeness (QED) is 0.722. The van der Waals surface area contributed by atoms with E-state index in [9.17, 15) is 0 Å². The van der Waals surface area contributed by atoms with Gasteiger partial charge in [-0.25, -0.2) is 0 Å². The largest absolute Gasteiger partial charge is 0.493 e. The van der Waals surface area contributed by atoms with E-state index >= 15 is 0 Å². The van der Waals surface area contributed by atoms with Gasteiger partial charge < -0.3 is 9.47 Å². The monoisotopic (exact) mass is 318 g/mol. The molecule has 0 aromatic heterocycles. The number of piperidine rings is 1. The van der Waals surface area contributed by atoms with Crippen molar-refractivity contribution in [3.63, 3.8) is 0 Å².